The summed E-state index contributed by atoms with van der Waals surface area (Å²) < 4.78 is 6.40. The van der Waals surface area contributed by atoms with Gasteiger partial charge in [0.05, 0.1) is 6.26 Å². The van der Waals surface area contributed by atoms with Gasteiger partial charge in [0.15, 0.2) is 0 Å². The maximum atomic E-state index is 5.83. The smallest absolute Gasteiger partial charge is 0.138 e. The molecule has 2 rings (SSSR count). The zero-order chi connectivity index (χ0) is 9.42. The van der Waals surface area contributed by atoms with Gasteiger partial charge in [0.1, 0.15) is 5.58 Å². The third-order valence-electron chi connectivity index (χ3n) is 2.04. The molecule has 3 heteroatoms. The molecule has 0 amide bonds. The quantitative estimate of drug-likeness (QED) is 0.831. The van der Waals surface area contributed by atoms with E-state index in [0.717, 1.165) is 21.0 Å². The predicted octanol–water partition coefficient (Wildman–Crippen LogP) is 3.22. The van der Waals surface area contributed by atoms with Crippen molar-refractivity contribution in [1.29, 1.82) is 0 Å². The van der Waals surface area contributed by atoms with E-state index in [-0.39, 0.29) is 6.04 Å². The maximum Gasteiger partial charge on any atom is 0.138 e. The lowest BCUT2D eigenvalue weighted by Crippen LogP contribution is -2.04. The highest BCUT2D eigenvalue weighted by Crippen LogP contribution is 2.28. The second kappa shape index (κ2) is 3.16. The van der Waals surface area contributed by atoms with Crippen molar-refractivity contribution in [2.45, 2.75) is 13.0 Å². The van der Waals surface area contributed by atoms with Crippen molar-refractivity contribution >= 4 is 26.9 Å². The molecule has 1 heterocycles. The first-order valence-electron chi connectivity index (χ1n) is 4.10. The lowest BCUT2D eigenvalue weighted by atomic mass is 10.1. The van der Waals surface area contributed by atoms with E-state index in [0.29, 0.717) is 0 Å². The molecule has 0 saturated heterocycles. The molecule has 2 aromatic rings. The summed E-state index contributed by atoms with van der Waals surface area (Å²) in [5, 5.41) is 1.08. The summed E-state index contributed by atoms with van der Waals surface area (Å²) in [7, 11) is 0. The van der Waals surface area contributed by atoms with Gasteiger partial charge in [0.2, 0.25) is 0 Å². The average Bonchev–Trinajstić information content (AvgIpc) is 2.49. The van der Waals surface area contributed by atoms with Crippen LogP contribution in [0.15, 0.2) is 33.4 Å². The molecule has 0 spiro atoms. The van der Waals surface area contributed by atoms with E-state index in [4.69, 9.17) is 10.2 Å². The molecule has 0 aliphatic rings. The zero-order valence-electron chi connectivity index (χ0n) is 7.25. The normalized spacial score (nSPS) is 13.5. The number of halogens is 1. The van der Waals surface area contributed by atoms with Crippen molar-refractivity contribution in [3.63, 3.8) is 0 Å². The van der Waals surface area contributed by atoms with Crippen LogP contribution in [0.4, 0.5) is 0 Å². The lowest BCUT2D eigenvalue weighted by molar-refractivity contribution is 0.605. The molecule has 1 aromatic carbocycles. The first-order chi connectivity index (χ1) is 6.18. The van der Waals surface area contributed by atoms with E-state index >= 15 is 0 Å². The minimum atomic E-state index is -0.00819. The van der Waals surface area contributed by atoms with Crippen LogP contribution in [-0.2, 0) is 0 Å². The number of hydrogen-bond donors (Lipinski definition) is 1. The molecule has 2 nitrogen and oxygen atoms in total. The van der Waals surface area contributed by atoms with Crippen LogP contribution in [0, 0.1) is 0 Å². The Balaban J connectivity index is 2.77. The highest BCUT2D eigenvalue weighted by molar-refractivity contribution is 9.10. The maximum absolute atomic E-state index is 5.83. The van der Waals surface area contributed by atoms with Gasteiger partial charge in [-0.25, -0.2) is 0 Å². The summed E-state index contributed by atoms with van der Waals surface area (Å²) in [6, 6.07) is 5.94. The van der Waals surface area contributed by atoms with Crippen LogP contribution < -0.4 is 5.73 Å². The lowest BCUT2D eigenvalue weighted by Gasteiger charge is -2.06. The van der Waals surface area contributed by atoms with Crippen LogP contribution in [0.5, 0.6) is 0 Å². The fraction of sp³-hybridized carbons (Fsp3) is 0.200. The summed E-state index contributed by atoms with van der Waals surface area (Å²) in [4.78, 5) is 0. The molecule has 1 aromatic heterocycles. The topological polar surface area (TPSA) is 39.2 Å². The fourth-order valence-electron chi connectivity index (χ4n) is 1.41. The van der Waals surface area contributed by atoms with E-state index in [2.05, 4.69) is 15.9 Å². The Morgan fingerprint density at radius 1 is 1.46 bits per heavy atom. The molecule has 0 aliphatic carbocycles. The van der Waals surface area contributed by atoms with Crippen molar-refractivity contribution in [2.24, 2.45) is 5.73 Å². The van der Waals surface area contributed by atoms with Crippen LogP contribution >= 0.6 is 15.9 Å². The van der Waals surface area contributed by atoms with Gasteiger partial charge in [-0.1, -0.05) is 15.9 Å². The largest absolute Gasteiger partial charge is 0.464 e. The molecule has 68 valence electrons. The Bertz CT molecular complexity index is 433. The number of benzene rings is 1. The van der Waals surface area contributed by atoms with Crippen LogP contribution in [0.3, 0.4) is 0 Å². The predicted molar refractivity (Wildman–Crippen MR) is 56.5 cm³/mol. The van der Waals surface area contributed by atoms with E-state index in [1.54, 1.807) is 6.26 Å². The average molecular weight is 240 g/mol. The Morgan fingerprint density at radius 3 is 2.92 bits per heavy atom. The van der Waals surface area contributed by atoms with Crippen LogP contribution in [0.25, 0.3) is 11.0 Å². The third-order valence-corrected chi connectivity index (χ3v) is 2.49. The molecule has 0 aliphatic heterocycles. The van der Waals surface area contributed by atoms with Gasteiger partial charge in [-0.05, 0) is 25.1 Å². The molecular weight excluding hydrogens is 230 g/mol. The van der Waals surface area contributed by atoms with Crippen molar-refractivity contribution in [3.8, 4) is 0 Å². The molecule has 1 atom stereocenters. The zero-order valence-corrected chi connectivity index (χ0v) is 8.84. The van der Waals surface area contributed by atoms with Crippen LogP contribution in [0.1, 0.15) is 18.5 Å². The van der Waals surface area contributed by atoms with Gasteiger partial charge in [0, 0.05) is 21.5 Å². The Labute approximate surface area is 84.8 Å². The van der Waals surface area contributed by atoms with E-state index < -0.39 is 0 Å². The van der Waals surface area contributed by atoms with E-state index in [9.17, 15) is 0 Å². The van der Waals surface area contributed by atoms with Crippen LogP contribution in [-0.4, -0.2) is 0 Å². The van der Waals surface area contributed by atoms with E-state index in [1.807, 2.05) is 25.1 Å². The molecule has 0 saturated carbocycles. The first kappa shape index (κ1) is 8.78. The summed E-state index contributed by atoms with van der Waals surface area (Å²) >= 11 is 3.44. The van der Waals surface area contributed by atoms with Gasteiger partial charge in [0.25, 0.3) is 0 Å². The second-order valence-electron chi connectivity index (χ2n) is 3.12. The summed E-state index contributed by atoms with van der Waals surface area (Å²) in [6.45, 7) is 1.95. The van der Waals surface area contributed by atoms with Crippen molar-refractivity contribution in [1.82, 2.24) is 0 Å². The van der Waals surface area contributed by atoms with Gasteiger partial charge < -0.3 is 10.2 Å². The fourth-order valence-corrected chi connectivity index (χ4v) is 1.90. The van der Waals surface area contributed by atoms with Gasteiger partial charge >= 0.3 is 0 Å². The van der Waals surface area contributed by atoms with Gasteiger partial charge in [-0.3, -0.25) is 0 Å². The summed E-state index contributed by atoms with van der Waals surface area (Å²) in [6.07, 6.45) is 1.68. The van der Waals surface area contributed by atoms with Gasteiger partial charge in [-0.15, -0.1) is 0 Å². The van der Waals surface area contributed by atoms with Crippen molar-refractivity contribution < 1.29 is 4.42 Å². The molecule has 1 unspecified atom stereocenters. The number of nitrogens with two attached hydrogens (primary N) is 1. The number of rotatable bonds is 1. The molecule has 0 radical (unpaired) electrons. The Hall–Kier alpha value is -0.800. The van der Waals surface area contributed by atoms with Gasteiger partial charge in [-0.2, -0.15) is 0 Å². The number of fused-ring (bicyclic) bond motifs is 1. The van der Waals surface area contributed by atoms with E-state index in [1.165, 1.54) is 0 Å². The molecule has 0 bridgehead atoms. The first-order valence-corrected chi connectivity index (χ1v) is 4.90. The molecule has 2 N–H and O–H groups in total. The SMILES string of the molecule is CC(N)c1cc(Br)cc2ccoc12. The van der Waals surface area contributed by atoms with Crippen LogP contribution in [0.2, 0.25) is 0 Å². The third kappa shape index (κ3) is 1.49. The highest BCUT2D eigenvalue weighted by Gasteiger charge is 2.09. The molecular formula is C10H10BrNO. The molecule has 13 heavy (non-hydrogen) atoms. The van der Waals surface area contributed by atoms with Crippen molar-refractivity contribution in [2.75, 3.05) is 0 Å². The minimum Gasteiger partial charge on any atom is -0.464 e. The standard InChI is InChI=1S/C10H10BrNO/c1-6(12)9-5-8(11)4-7-2-3-13-10(7)9/h2-6H,12H2,1H3. The highest BCUT2D eigenvalue weighted by atomic mass is 79.9. The monoisotopic (exact) mass is 239 g/mol. The molecule has 0 fully saturated rings. The summed E-state index contributed by atoms with van der Waals surface area (Å²) in [5.41, 5.74) is 7.75. The number of furan rings is 1. The van der Waals surface area contributed by atoms with Crippen molar-refractivity contribution in [3.05, 3.63) is 34.5 Å². The number of hydrogen-bond acceptors (Lipinski definition) is 2. The Kier molecular flexibility index (Phi) is 2.14. The second-order valence-corrected chi connectivity index (χ2v) is 4.04. The summed E-state index contributed by atoms with van der Waals surface area (Å²) in [5.74, 6) is 0. The minimum absolute atomic E-state index is 0.00819. The Morgan fingerprint density at radius 2 is 2.23 bits per heavy atom.